The molecule has 0 atom stereocenters. The monoisotopic (exact) mass is 284 g/mol. The van der Waals surface area contributed by atoms with Crippen LogP contribution in [0.15, 0.2) is 41.3 Å². The van der Waals surface area contributed by atoms with Crippen LogP contribution < -0.4 is 0 Å². The minimum Gasteiger partial charge on any atom is -0.478 e. The fourth-order valence-electron chi connectivity index (χ4n) is 1.33. The van der Waals surface area contributed by atoms with Gasteiger partial charge in [-0.3, -0.25) is 4.18 Å². The number of benzene rings is 1. The molecule has 6 heteroatoms. The largest absolute Gasteiger partial charge is 0.478 e. The molecule has 0 spiro atoms. The second kappa shape index (κ2) is 6.49. The molecule has 0 unspecified atom stereocenters. The molecule has 1 N–H and O–H groups in total. The van der Waals surface area contributed by atoms with E-state index in [1.54, 1.807) is 12.1 Å². The van der Waals surface area contributed by atoms with Crippen LogP contribution in [0.4, 0.5) is 0 Å². The lowest BCUT2D eigenvalue weighted by atomic mass is 10.2. The predicted octanol–water partition coefficient (Wildman–Crippen LogP) is 2.12. The first-order valence-electron chi connectivity index (χ1n) is 5.70. The van der Waals surface area contributed by atoms with Crippen molar-refractivity contribution in [3.63, 3.8) is 0 Å². The van der Waals surface area contributed by atoms with E-state index in [0.29, 0.717) is 0 Å². The summed E-state index contributed by atoms with van der Waals surface area (Å²) in [6.07, 6.45) is 0.481. The standard InChI is InChI=1S/C13H16O5S/c1-10-5-7-12(8-6-10)19(16,17)18-9-3-4-11(2)13(14)15/h5-8H,2-4,9H2,1H3,(H,14,15). The summed E-state index contributed by atoms with van der Waals surface area (Å²) in [5.41, 5.74) is 0.994. The molecule has 0 aromatic heterocycles. The number of carboxylic acids is 1. The van der Waals surface area contributed by atoms with Crippen LogP contribution in [0.25, 0.3) is 0 Å². The lowest BCUT2D eigenvalue weighted by molar-refractivity contribution is -0.132. The summed E-state index contributed by atoms with van der Waals surface area (Å²) in [5.74, 6) is -1.08. The molecule has 1 aromatic carbocycles. The highest BCUT2D eigenvalue weighted by molar-refractivity contribution is 7.86. The molecule has 0 amide bonds. The summed E-state index contributed by atoms with van der Waals surface area (Å²) in [4.78, 5) is 10.6. The summed E-state index contributed by atoms with van der Waals surface area (Å²) in [6, 6.07) is 6.31. The van der Waals surface area contributed by atoms with Gasteiger partial charge in [-0.2, -0.15) is 8.42 Å². The average Bonchev–Trinajstić information content (AvgIpc) is 2.34. The van der Waals surface area contributed by atoms with Crippen LogP contribution in [0.5, 0.6) is 0 Å². The Morgan fingerprint density at radius 1 is 1.32 bits per heavy atom. The molecule has 0 bridgehead atoms. The zero-order valence-corrected chi connectivity index (χ0v) is 11.4. The highest BCUT2D eigenvalue weighted by Gasteiger charge is 2.14. The van der Waals surface area contributed by atoms with Gasteiger partial charge in [0.15, 0.2) is 0 Å². The Hall–Kier alpha value is -1.66. The fourth-order valence-corrected chi connectivity index (χ4v) is 2.28. The van der Waals surface area contributed by atoms with Gasteiger partial charge < -0.3 is 5.11 Å². The van der Waals surface area contributed by atoms with Gasteiger partial charge in [-0.05, 0) is 31.9 Å². The maximum absolute atomic E-state index is 11.8. The van der Waals surface area contributed by atoms with E-state index in [2.05, 4.69) is 6.58 Å². The quantitative estimate of drug-likeness (QED) is 0.471. The number of aliphatic carboxylic acids is 1. The maximum Gasteiger partial charge on any atom is 0.330 e. The van der Waals surface area contributed by atoms with Gasteiger partial charge in [0.2, 0.25) is 0 Å². The van der Waals surface area contributed by atoms with E-state index in [0.717, 1.165) is 5.56 Å². The SMILES string of the molecule is C=C(CCCOS(=O)(=O)c1ccc(C)cc1)C(=O)O. The van der Waals surface area contributed by atoms with Crippen molar-refractivity contribution in [2.75, 3.05) is 6.61 Å². The van der Waals surface area contributed by atoms with Gasteiger partial charge in [0, 0.05) is 5.57 Å². The van der Waals surface area contributed by atoms with Crippen molar-refractivity contribution in [3.05, 3.63) is 42.0 Å². The van der Waals surface area contributed by atoms with Crippen molar-refractivity contribution < 1.29 is 22.5 Å². The van der Waals surface area contributed by atoms with Crippen LogP contribution in [-0.2, 0) is 19.1 Å². The molecule has 0 aliphatic carbocycles. The summed E-state index contributed by atoms with van der Waals surface area (Å²) < 4.78 is 28.3. The lowest BCUT2D eigenvalue weighted by Gasteiger charge is -2.06. The van der Waals surface area contributed by atoms with Gasteiger partial charge in [-0.15, -0.1) is 0 Å². The Labute approximate surface area is 112 Å². The third-order valence-electron chi connectivity index (χ3n) is 2.47. The first-order valence-corrected chi connectivity index (χ1v) is 7.11. The van der Waals surface area contributed by atoms with E-state index in [-0.39, 0.29) is 29.9 Å². The summed E-state index contributed by atoms with van der Waals surface area (Å²) >= 11 is 0. The minimum absolute atomic E-state index is 0.0383. The second-order valence-electron chi connectivity index (χ2n) is 4.10. The van der Waals surface area contributed by atoms with Crippen LogP contribution in [0.2, 0.25) is 0 Å². The van der Waals surface area contributed by atoms with Crippen molar-refractivity contribution in [1.29, 1.82) is 0 Å². The summed E-state index contributed by atoms with van der Waals surface area (Å²) in [7, 11) is -3.77. The first-order chi connectivity index (χ1) is 8.83. The second-order valence-corrected chi connectivity index (χ2v) is 5.72. The maximum atomic E-state index is 11.8. The number of carboxylic acid groups (broad SMARTS) is 1. The minimum atomic E-state index is -3.77. The van der Waals surface area contributed by atoms with Crippen LogP contribution in [0.3, 0.4) is 0 Å². The Bertz CT molecular complexity index is 557. The molecule has 104 valence electrons. The number of carbonyl (C=O) groups is 1. The average molecular weight is 284 g/mol. The van der Waals surface area contributed by atoms with E-state index in [1.165, 1.54) is 12.1 Å². The molecule has 1 rings (SSSR count). The summed E-state index contributed by atoms with van der Waals surface area (Å²) in [5, 5.41) is 8.59. The van der Waals surface area contributed by atoms with Crippen molar-refractivity contribution in [3.8, 4) is 0 Å². The number of hydrogen-bond acceptors (Lipinski definition) is 4. The molecule has 0 fully saturated rings. The normalized spacial score (nSPS) is 11.2. The zero-order chi connectivity index (χ0) is 14.5. The Balaban J connectivity index is 2.50. The fraction of sp³-hybridized carbons (Fsp3) is 0.308. The van der Waals surface area contributed by atoms with Crippen LogP contribution >= 0.6 is 0 Å². The molecule has 0 aliphatic heterocycles. The van der Waals surface area contributed by atoms with Crippen LogP contribution in [-0.4, -0.2) is 26.1 Å². The molecule has 1 aromatic rings. The molecule has 0 aliphatic rings. The van der Waals surface area contributed by atoms with Crippen LogP contribution in [0.1, 0.15) is 18.4 Å². The first kappa shape index (κ1) is 15.4. The molecule has 0 radical (unpaired) electrons. The highest BCUT2D eigenvalue weighted by Crippen LogP contribution is 2.14. The molecule has 0 saturated heterocycles. The molecule has 19 heavy (non-hydrogen) atoms. The van der Waals surface area contributed by atoms with Crippen LogP contribution in [0, 0.1) is 6.92 Å². The number of aryl methyl sites for hydroxylation is 1. The van der Waals surface area contributed by atoms with Gasteiger partial charge in [0.05, 0.1) is 11.5 Å². The van der Waals surface area contributed by atoms with E-state index in [9.17, 15) is 13.2 Å². The topological polar surface area (TPSA) is 80.7 Å². The Morgan fingerprint density at radius 3 is 2.42 bits per heavy atom. The van der Waals surface area contributed by atoms with E-state index in [4.69, 9.17) is 9.29 Å². The van der Waals surface area contributed by atoms with Gasteiger partial charge in [0.1, 0.15) is 0 Å². The van der Waals surface area contributed by atoms with Gasteiger partial charge in [-0.1, -0.05) is 24.3 Å². The Kier molecular flexibility index (Phi) is 5.26. The van der Waals surface area contributed by atoms with E-state index < -0.39 is 16.1 Å². The summed E-state index contributed by atoms with van der Waals surface area (Å²) in [6.45, 7) is 5.14. The van der Waals surface area contributed by atoms with Gasteiger partial charge in [-0.25, -0.2) is 4.79 Å². The van der Waals surface area contributed by atoms with Gasteiger partial charge >= 0.3 is 5.97 Å². The van der Waals surface area contributed by atoms with Crippen molar-refractivity contribution in [2.24, 2.45) is 0 Å². The Morgan fingerprint density at radius 2 is 1.89 bits per heavy atom. The van der Waals surface area contributed by atoms with Crippen molar-refractivity contribution >= 4 is 16.1 Å². The van der Waals surface area contributed by atoms with Crippen molar-refractivity contribution in [2.45, 2.75) is 24.7 Å². The molecule has 5 nitrogen and oxygen atoms in total. The molecule has 0 saturated carbocycles. The van der Waals surface area contributed by atoms with Gasteiger partial charge in [0.25, 0.3) is 10.1 Å². The molecular weight excluding hydrogens is 268 g/mol. The zero-order valence-electron chi connectivity index (χ0n) is 10.6. The number of hydrogen-bond donors (Lipinski definition) is 1. The third-order valence-corrected chi connectivity index (χ3v) is 3.80. The molecule has 0 heterocycles. The predicted molar refractivity (Wildman–Crippen MR) is 70.3 cm³/mol. The van der Waals surface area contributed by atoms with E-state index in [1.807, 2.05) is 6.92 Å². The highest BCUT2D eigenvalue weighted by atomic mass is 32.2. The molecular formula is C13H16O5S. The third kappa shape index (κ3) is 4.84. The lowest BCUT2D eigenvalue weighted by Crippen LogP contribution is -2.08. The number of rotatable bonds is 7. The smallest absolute Gasteiger partial charge is 0.330 e. The van der Waals surface area contributed by atoms with Crippen molar-refractivity contribution in [1.82, 2.24) is 0 Å². The van der Waals surface area contributed by atoms with E-state index >= 15 is 0 Å².